The van der Waals surface area contributed by atoms with E-state index in [-0.39, 0.29) is 5.91 Å². The Kier molecular flexibility index (Phi) is 6.08. The fraction of sp³-hybridized carbons (Fsp3) is 0.526. The number of benzene rings is 1. The molecule has 0 heterocycles. The summed E-state index contributed by atoms with van der Waals surface area (Å²) in [6.07, 6.45) is 8.02. The van der Waals surface area contributed by atoms with Crippen molar-refractivity contribution < 1.29 is 14.3 Å². The van der Waals surface area contributed by atoms with E-state index >= 15 is 0 Å². The molecular formula is C19H27NO3. The minimum absolute atomic E-state index is 0.0365. The third-order valence-corrected chi connectivity index (χ3v) is 4.72. The Bertz CT molecular complexity index is 560. The van der Waals surface area contributed by atoms with Crippen LogP contribution in [0.5, 0.6) is 11.5 Å². The van der Waals surface area contributed by atoms with Gasteiger partial charge in [0, 0.05) is 24.7 Å². The first-order chi connectivity index (χ1) is 11.1. The van der Waals surface area contributed by atoms with Crippen molar-refractivity contribution in [1.29, 1.82) is 0 Å². The maximum Gasteiger partial charge on any atom is 0.246 e. The average molecular weight is 317 g/mol. The van der Waals surface area contributed by atoms with Gasteiger partial charge in [-0.15, -0.1) is 0 Å². The van der Waals surface area contributed by atoms with Gasteiger partial charge >= 0.3 is 0 Å². The summed E-state index contributed by atoms with van der Waals surface area (Å²) in [5.41, 5.74) is 0.839. The maximum atomic E-state index is 12.4. The number of methoxy groups -OCH3 is 2. The number of nitrogens with zero attached hydrogens (tertiary/aromatic N) is 1. The summed E-state index contributed by atoms with van der Waals surface area (Å²) < 4.78 is 10.7. The van der Waals surface area contributed by atoms with Crippen molar-refractivity contribution in [3.05, 3.63) is 29.8 Å². The van der Waals surface area contributed by atoms with E-state index in [0.29, 0.717) is 17.5 Å². The molecule has 0 radical (unpaired) electrons. The van der Waals surface area contributed by atoms with Gasteiger partial charge in [0.25, 0.3) is 0 Å². The van der Waals surface area contributed by atoms with Crippen LogP contribution in [-0.4, -0.2) is 38.1 Å². The third-order valence-electron chi connectivity index (χ3n) is 4.72. The van der Waals surface area contributed by atoms with E-state index in [1.54, 1.807) is 26.4 Å². The number of hydrogen-bond donors (Lipinski definition) is 0. The van der Waals surface area contributed by atoms with Crippen molar-refractivity contribution >= 4 is 12.0 Å². The van der Waals surface area contributed by atoms with Gasteiger partial charge in [-0.1, -0.05) is 19.1 Å². The zero-order valence-corrected chi connectivity index (χ0v) is 14.5. The minimum atomic E-state index is 0.0365. The highest BCUT2D eigenvalue weighted by atomic mass is 16.5. The molecule has 0 spiro atoms. The monoisotopic (exact) mass is 317 g/mol. The van der Waals surface area contributed by atoms with Crippen LogP contribution in [0.1, 0.15) is 38.2 Å². The maximum absolute atomic E-state index is 12.4. The zero-order valence-electron chi connectivity index (χ0n) is 14.5. The van der Waals surface area contributed by atoms with E-state index < -0.39 is 0 Å². The standard InChI is InChI=1S/C19H27NO3/c1-14-8-11-16(12-9-14)20(2)18(21)13-10-15-6-5-7-17(22-3)19(15)23-4/h5-7,10,13-14,16H,8-9,11-12H2,1-4H3/b13-10+. The summed E-state index contributed by atoms with van der Waals surface area (Å²) in [5, 5.41) is 0. The molecule has 1 amide bonds. The van der Waals surface area contributed by atoms with Crippen molar-refractivity contribution in [3.63, 3.8) is 0 Å². The van der Waals surface area contributed by atoms with Crippen LogP contribution in [-0.2, 0) is 4.79 Å². The Balaban J connectivity index is 2.06. The molecule has 0 N–H and O–H groups in total. The number of hydrogen-bond acceptors (Lipinski definition) is 3. The molecule has 2 rings (SSSR count). The lowest BCUT2D eigenvalue weighted by Gasteiger charge is -2.33. The van der Waals surface area contributed by atoms with E-state index in [1.165, 1.54) is 12.8 Å². The second-order valence-corrected chi connectivity index (χ2v) is 6.28. The second-order valence-electron chi connectivity index (χ2n) is 6.28. The van der Waals surface area contributed by atoms with E-state index in [1.807, 2.05) is 30.1 Å². The van der Waals surface area contributed by atoms with E-state index in [2.05, 4.69) is 6.92 Å². The molecule has 1 aromatic carbocycles. The summed E-state index contributed by atoms with van der Waals surface area (Å²) >= 11 is 0. The van der Waals surface area contributed by atoms with Gasteiger partial charge in [0.05, 0.1) is 14.2 Å². The van der Waals surface area contributed by atoms with Crippen LogP contribution in [0, 0.1) is 5.92 Å². The highest BCUT2D eigenvalue weighted by molar-refractivity contribution is 5.92. The van der Waals surface area contributed by atoms with Crippen LogP contribution < -0.4 is 9.47 Å². The van der Waals surface area contributed by atoms with Gasteiger partial charge in [0.1, 0.15) is 0 Å². The molecule has 0 aliphatic heterocycles. The number of likely N-dealkylation sites (N-methyl/N-ethyl adjacent to an activating group) is 1. The summed E-state index contributed by atoms with van der Waals surface area (Å²) in [6.45, 7) is 2.28. The highest BCUT2D eigenvalue weighted by Crippen LogP contribution is 2.31. The predicted molar refractivity (Wildman–Crippen MR) is 92.8 cm³/mol. The van der Waals surface area contributed by atoms with Crippen molar-refractivity contribution in [1.82, 2.24) is 4.90 Å². The Hall–Kier alpha value is -1.97. The fourth-order valence-corrected chi connectivity index (χ4v) is 3.13. The average Bonchev–Trinajstić information content (AvgIpc) is 2.59. The lowest BCUT2D eigenvalue weighted by atomic mass is 9.87. The number of carbonyl (C=O) groups excluding carboxylic acids is 1. The molecule has 1 saturated carbocycles. The Morgan fingerprint density at radius 1 is 1.17 bits per heavy atom. The fourth-order valence-electron chi connectivity index (χ4n) is 3.13. The van der Waals surface area contributed by atoms with Gasteiger partial charge in [-0.3, -0.25) is 4.79 Å². The zero-order chi connectivity index (χ0) is 16.8. The molecule has 4 heteroatoms. The quantitative estimate of drug-likeness (QED) is 0.776. The Morgan fingerprint density at radius 2 is 1.87 bits per heavy atom. The van der Waals surface area contributed by atoms with E-state index in [4.69, 9.17) is 9.47 Å². The summed E-state index contributed by atoms with van der Waals surface area (Å²) in [6, 6.07) is 5.99. The lowest BCUT2D eigenvalue weighted by Crippen LogP contribution is -2.38. The molecular weight excluding hydrogens is 290 g/mol. The number of ether oxygens (including phenoxy) is 2. The van der Waals surface area contributed by atoms with Gasteiger partial charge in [-0.25, -0.2) is 0 Å². The first-order valence-corrected chi connectivity index (χ1v) is 8.22. The molecule has 0 atom stereocenters. The first kappa shape index (κ1) is 17.4. The second kappa shape index (κ2) is 8.04. The normalized spacial score (nSPS) is 21.2. The van der Waals surface area contributed by atoms with Crippen LogP contribution in [0.25, 0.3) is 6.08 Å². The Morgan fingerprint density at radius 3 is 2.48 bits per heavy atom. The molecule has 1 fully saturated rings. The molecule has 0 aromatic heterocycles. The number of rotatable bonds is 5. The van der Waals surface area contributed by atoms with Crippen LogP contribution in [0.4, 0.5) is 0 Å². The largest absolute Gasteiger partial charge is 0.493 e. The third kappa shape index (κ3) is 4.27. The van der Waals surface area contributed by atoms with Gasteiger partial charge < -0.3 is 14.4 Å². The SMILES string of the molecule is COc1cccc(/C=C/C(=O)N(C)C2CCC(C)CC2)c1OC. The molecule has 0 bridgehead atoms. The van der Waals surface area contributed by atoms with Crippen LogP contribution >= 0.6 is 0 Å². The highest BCUT2D eigenvalue weighted by Gasteiger charge is 2.23. The molecule has 1 aromatic rings. The molecule has 0 saturated heterocycles. The smallest absolute Gasteiger partial charge is 0.246 e. The van der Waals surface area contributed by atoms with E-state index in [9.17, 15) is 4.79 Å². The number of carbonyl (C=O) groups is 1. The number of amides is 1. The van der Waals surface area contributed by atoms with Gasteiger partial charge in [-0.05, 0) is 43.7 Å². The van der Waals surface area contributed by atoms with Crippen LogP contribution in [0.15, 0.2) is 24.3 Å². The van der Waals surface area contributed by atoms with Crippen LogP contribution in [0.3, 0.4) is 0 Å². The summed E-state index contributed by atoms with van der Waals surface area (Å²) in [5.74, 6) is 2.13. The first-order valence-electron chi connectivity index (χ1n) is 8.22. The van der Waals surface area contributed by atoms with Gasteiger partial charge in [0.2, 0.25) is 5.91 Å². The van der Waals surface area contributed by atoms with Crippen molar-refractivity contribution in [2.45, 2.75) is 38.6 Å². The van der Waals surface area contributed by atoms with Crippen molar-refractivity contribution in [2.75, 3.05) is 21.3 Å². The molecule has 126 valence electrons. The summed E-state index contributed by atoms with van der Waals surface area (Å²) in [7, 11) is 5.11. The molecule has 0 unspecified atom stereocenters. The summed E-state index contributed by atoms with van der Waals surface area (Å²) in [4.78, 5) is 14.3. The molecule has 1 aliphatic carbocycles. The Labute approximate surface area is 139 Å². The topological polar surface area (TPSA) is 38.8 Å². The van der Waals surface area contributed by atoms with Crippen LogP contribution in [0.2, 0.25) is 0 Å². The van der Waals surface area contributed by atoms with Gasteiger partial charge in [-0.2, -0.15) is 0 Å². The predicted octanol–water partition coefficient (Wildman–Crippen LogP) is 3.75. The number of para-hydroxylation sites is 1. The van der Waals surface area contributed by atoms with E-state index in [0.717, 1.165) is 24.3 Å². The molecule has 23 heavy (non-hydrogen) atoms. The molecule has 1 aliphatic rings. The van der Waals surface area contributed by atoms with Crippen molar-refractivity contribution in [2.24, 2.45) is 5.92 Å². The molecule has 4 nitrogen and oxygen atoms in total. The lowest BCUT2D eigenvalue weighted by molar-refractivity contribution is -0.127. The minimum Gasteiger partial charge on any atom is -0.493 e. The van der Waals surface area contributed by atoms with Crippen molar-refractivity contribution in [3.8, 4) is 11.5 Å². The van der Waals surface area contributed by atoms with Gasteiger partial charge in [0.15, 0.2) is 11.5 Å².